The van der Waals surface area contributed by atoms with Crippen LogP contribution in [0.1, 0.15) is 20.3 Å². The second-order valence-corrected chi connectivity index (χ2v) is 2.49. The Bertz CT molecular complexity index is 277. The molecule has 0 aliphatic carbocycles. The van der Waals surface area contributed by atoms with Crippen molar-refractivity contribution in [2.75, 3.05) is 13.2 Å². The van der Waals surface area contributed by atoms with Crippen LogP contribution < -0.4 is 0 Å². The fourth-order valence-electron chi connectivity index (χ4n) is 0.848. The molecule has 1 N–H and O–H groups in total. The third-order valence-corrected chi connectivity index (χ3v) is 1.58. The maximum absolute atomic E-state index is 11.2. The molecule has 0 spiro atoms. The van der Waals surface area contributed by atoms with Crippen molar-refractivity contribution in [2.24, 2.45) is 4.99 Å². The van der Waals surface area contributed by atoms with Crippen molar-refractivity contribution >= 4 is 12.0 Å². The highest BCUT2D eigenvalue weighted by molar-refractivity contribution is 5.88. The van der Waals surface area contributed by atoms with Crippen LogP contribution >= 0.6 is 0 Å². The summed E-state index contributed by atoms with van der Waals surface area (Å²) in [7, 11) is 0. The molecule has 0 amide bonds. The zero-order chi connectivity index (χ0) is 11.0. The summed E-state index contributed by atoms with van der Waals surface area (Å²) in [6, 6.07) is 0. The Balaban J connectivity index is 4.59. The van der Waals surface area contributed by atoms with E-state index in [1.165, 1.54) is 13.0 Å². The first-order valence-electron chi connectivity index (χ1n) is 4.23. The van der Waals surface area contributed by atoms with Crippen molar-refractivity contribution in [1.29, 1.82) is 0 Å². The van der Waals surface area contributed by atoms with Gasteiger partial charge in [-0.05, 0) is 13.3 Å². The molecule has 0 heterocycles. The maximum atomic E-state index is 11.2. The number of esters is 1. The summed E-state index contributed by atoms with van der Waals surface area (Å²) in [4.78, 5) is 24.6. The molecule has 0 aromatic heterocycles. The van der Waals surface area contributed by atoms with Crippen molar-refractivity contribution in [3.05, 3.63) is 11.3 Å². The van der Waals surface area contributed by atoms with E-state index in [-0.39, 0.29) is 18.8 Å². The third-order valence-electron chi connectivity index (χ3n) is 1.58. The number of hydrogen-bond donors (Lipinski definition) is 1. The average Bonchev–Trinajstić information content (AvgIpc) is 2.21. The first-order valence-corrected chi connectivity index (χ1v) is 4.23. The van der Waals surface area contributed by atoms with Crippen LogP contribution in [-0.2, 0) is 14.3 Å². The first-order chi connectivity index (χ1) is 6.67. The number of allylic oxidation sites excluding steroid dienone is 1. The van der Waals surface area contributed by atoms with E-state index < -0.39 is 5.97 Å². The number of nitrogens with zero attached hydrogens (tertiary/aromatic N) is 1. The molecule has 0 saturated carbocycles. The highest BCUT2D eigenvalue weighted by Crippen LogP contribution is 2.10. The number of aliphatic hydroxyl groups excluding tert-OH is 1. The molecule has 78 valence electrons. The zero-order valence-electron chi connectivity index (χ0n) is 8.24. The minimum absolute atomic E-state index is 0.0576. The maximum Gasteiger partial charge on any atom is 0.335 e. The van der Waals surface area contributed by atoms with Crippen molar-refractivity contribution in [2.45, 2.75) is 20.3 Å². The van der Waals surface area contributed by atoms with E-state index in [1.54, 1.807) is 6.92 Å². The average molecular weight is 199 g/mol. The topological polar surface area (TPSA) is 76.0 Å². The highest BCUT2D eigenvalue weighted by atomic mass is 16.5. The molecule has 0 unspecified atom stereocenters. The lowest BCUT2D eigenvalue weighted by molar-refractivity contribution is -0.140. The quantitative estimate of drug-likeness (QED) is 0.303. The summed E-state index contributed by atoms with van der Waals surface area (Å²) in [5.74, 6) is -0.574. The molecule has 0 aliphatic heterocycles. The van der Waals surface area contributed by atoms with E-state index >= 15 is 0 Å². The van der Waals surface area contributed by atoms with Gasteiger partial charge in [-0.1, -0.05) is 6.92 Å². The summed E-state index contributed by atoms with van der Waals surface area (Å²) in [6.07, 6.45) is 1.82. The number of carbonyl (C=O) groups excluding carboxylic acids is 2. The zero-order valence-corrected chi connectivity index (χ0v) is 8.24. The molecule has 0 radical (unpaired) electrons. The van der Waals surface area contributed by atoms with Gasteiger partial charge in [-0.3, -0.25) is 0 Å². The van der Waals surface area contributed by atoms with Gasteiger partial charge in [-0.25, -0.2) is 9.59 Å². The minimum Gasteiger partial charge on any atom is -0.460 e. The van der Waals surface area contributed by atoms with E-state index in [4.69, 9.17) is 5.11 Å². The molecule has 0 bridgehead atoms. The van der Waals surface area contributed by atoms with Crippen molar-refractivity contribution < 1.29 is 19.4 Å². The Morgan fingerprint density at radius 3 is 2.64 bits per heavy atom. The van der Waals surface area contributed by atoms with Gasteiger partial charge in [0.25, 0.3) is 0 Å². The molecule has 0 atom stereocenters. The number of ether oxygens (including phenoxy) is 1. The van der Waals surface area contributed by atoms with Crippen LogP contribution in [-0.4, -0.2) is 30.4 Å². The lowest BCUT2D eigenvalue weighted by Gasteiger charge is -2.04. The van der Waals surface area contributed by atoms with E-state index in [9.17, 15) is 9.59 Å². The number of aliphatic hydroxyl groups is 1. The Morgan fingerprint density at radius 2 is 2.21 bits per heavy atom. The predicted molar refractivity (Wildman–Crippen MR) is 49.2 cm³/mol. The molecular weight excluding hydrogens is 186 g/mol. The lowest BCUT2D eigenvalue weighted by Crippen LogP contribution is -2.10. The molecule has 5 heteroatoms. The van der Waals surface area contributed by atoms with Gasteiger partial charge in [0.2, 0.25) is 6.08 Å². The minimum atomic E-state index is -0.574. The van der Waals surface area contributed by atoms with Gasteiger partial charge >= 0.3 is 5.97 Å². The molecule has 0 rings (SSSR count). The van der Waals surface area contributed by atoms with Crippen LogP contribution in [0.5, 0.6) is 0 Å². The Kier molecular flexibility index (Phi) is 6.28. The van der Waals surface area contributed by atoms with Crippen LogP contribution in [0.2, 0.25) is 0 Å². The van der Waals surface area contributed by atoms with Crippen LogP contribution in [0.3, 0.4) is 0 Å². The molecular formula is C9H13NO4. The van der Waals surface area contributed by atoms with Crippen LogP contribution in [0.4, 0.5) is 0 Å². The normalized spacial score (nSPS) is 11.4. The summed E-state index contributed by atoms with van der Waals surface area (Å²) in [5, 5.41) is 8.42. The molecule has 0 saturated heterocycles. The van der Waals surface area contributed by atoms with Gasteiger partial charge in [0.1, 0.15) is 6.61 Å². The van der Waals surface area contributed by atoms with Crippen molar-refractivity contribution in [3.8, 4) is 0 Å². The van der Waals surface area contributed by atoms with Crippen molar-refractivity contribution in [3.63, 3.8) is 0 Å². The smallest absolute Gasteiger partial charge is 0.335 e. The van der Waals surface area contributed by atoms with E-state index in [1.807, 2.05) is 0 Å². The van der Waals surface area contributed by atoms with Crippen molar-refractivity contribution in [1.82, 2.24) is 0 Å². The predicted octanol–water partition coefficient (Wildman–Crippen LogP) is 0.542. The second-order valence-electron chi connectivity index (χ2n) is 2.49. The number of aliphatic imine (C=N–C) groups is 1. The van der Waals surface area contributed by atoms with Gasteiger partial charge in [0, 0.05) is 0 Å². The summed E-state index contributed by atoms with van der Waals surface area (Å²) in [5.41, 5.74) is 0.618. The molecule has 0 fully saturated rings. The number of rotatable bonds is 5. The summed E-state index contributed by atoms with van der Waals surface area (Å²) < 4.78 is 4.65. The monoisotopic (exact) mass is 199 g/mol. The SMILES string of the molecule is CCC(N=C=O)=C(C)C(=O)OCCO. The number of isocyanates is 1. The fraction of sp³-hybridized carbons (Fsp3) is 0.556. The highest BCUT2D eigenvalue weighted by Gasteiger charge is 2.10. The van der Waals surface area contributed by atoms with E-state index in [0.717, 1.165) is 0 Å². The summed E-state index contributed by atoms with van der Waals surface area (Å²) in [6.45, 7) is 2.99. The Morgan fingerprint density at radius 1 is 1.57 bits per heavy atom. The van der Waals surface area contributed by atoms with Crippen LogP contribution in [0.15, 0.2) is 16.3 Å². The number of hydrogen-bond acceptors (Lipinski definition) is 5. The standard InChI is InChI=1S/C9H13NO4/c1-3-8(10-6-12)7(2)9(13)14-5-4-11/h11H,3-5H2,1-2H3. The Labute approximate surface area is 82.1 Å². The number of carbonyl (C=O) groups is 1. The lowest BCUT2D eigenvalue weighted by atomic mass is 10.2. The molecule has 14 heavy (non-hydrogen) atoms. The van der Waals surface area contributed by atoms with E-state index in [2.05, 4.69) is 9.73 Å². The third kappa shape index (κ3) is 3.98. The van der Waals surface area contributed by atoms with E-state index in [0.29, 0.717) is 12.1 Å². The first kappa shape index (κ1) is 12.6. The molecule has 0 aromatic rings. The fourth-order valence-corrected chi connectivity index (χ4v) is 0.848. The molecule has 0 aromatic carbocycles. The Hall–Kier alpha value is -1.45. The van der Waals surface area contributed by atoms with Gasteiger partial charge in [0.05, 0.1) is 17.9 Å². The van der Waals surface area contributed by atoms with Gasteiger partial charge in [0.15, 0.2) is 0 Å². The summed E-state index contributed by atoms with van der Waals surface area (Å²) >= 11 is 0. The second kappa shape index (κ2) is 7.00. The van der Waals surface area contributed by atoms with Gasteiger partial charge in [-0.15, -0.1) is 0 Å². The van der Waals surface area contributed by atoms with Crippen LogP contribution in [0, 0.1) is 0 Å². The molecule has 0 aliphatic rings. The molecule has 5 nitrogen and oxygen atoms in total. The van der Waals surface area contributed by atoms with Gasteiger partial charge in [-0.2, -0.15) is 4.99 Å². The largest absolute Gasteiger partial charge is 0.460 e. The van der Waals surface area contributed by atoms with Gasteiger partial charge < -0.3 is 9.84 Å². The van der Waals surface area contributed by atoms with Crippen LogP contribution in [0.25, 0.3) is 0 Å².